The van der Waals surface area contributed by atoms with Gasteiger partial charge >= 0.3 is 0 Å². The first kappa shape index (κ1) is 18.2. The molecule has 0 radical (unpaired) electrons. The summed E-state index contributed by atoms with van der Waals surface area (Å²) in [7, 11) is 0. The van der Waals surface area contributed by atoms with Crippen LogP contribution in [0, 0.1) is 11.3 Å². The Morgan fingerprint density at radius 3 is 2.53 bits per heavy atom. The van der Waals surface area contributed by atoms with Crippen molar-refractivity contribution in [2.24, 2.45) is 0 Å². The Morgan fingerprint density at radius 1 is 1.21 bits per heavy atom. The van der Waals surface area contributed by atoms with Gasteiger partial charge in [0.15, 0.2) is 0 Å². The maximum Gasteiger partial charge on any atom is 0.0991 e. The van der Waals surface area contributed by atoms with Crippen molar-refractivity contribution in [2.75, 3.05) is 13.1 Å². The lowest BCUT2D eigenvalue weighted by Gasteiger charge is -2.23. The van der Waals surface area contributed by atoms with Gasteiger partial charge in [-0.2, -0.15) is 5.26 Å². The third-order valence-corrected chi connectivity index (χ3v) is 3.22. The van der Waals surface area contributed by atoms with Gasteiger partial charge in [0.1, 0.15) is 0 Å². The standard InChI is InChI=1S/C14H19N3.2ClH/c15-9-12-4-6-13(7-5-12)10-16-11-14-3-1-2-8-17-14;;/h4-7,14,16-17H,1-3,8,10-11H2;2*1H. The molecular formula is C14H21Cl2N3. The summed E-state index contributed by atoms with van der Waals surface area (Å²) in [5, 5.41) is 15.7. The second-order valence-corrected chi connectivity index (χ2v) is 4.59. The Morgan fingerprint density at radius 2 is 1.95 bits per heavy atom. The van der Waals surface area contributed by atoms with E-state index >= 15 is 0 Å². The molecule has 5 heteroatoms. The van der Waals surface area contributed by atoms with E-state index in [4.69, 9.17) is 5.26 Å². The van der Waals surface area contributed by atoms with Crippen molar-refractivity contribution in [1.82, 2.24) is 10.6 Å². The lowest BCUT2D eigenvalue weighted by Crippen LogP contribution is -2.41. The lowest BCUT2D eigenvalue weighted by molar-refractivity contribution is 0.383. The molecule has 1 aromatic carbocycles. The van der Waals surface area contributed by atoms with Crippen molar-refractivity contribution in [1.29, 1.82) is 5.26 Å². The zero-order valence-corrected chi connectivity index (χ0v) is 12.5. The molecule has 0 aromatic heterocycles. The minimum Gasteiger partial charge on any atom is -0.313 e. The zero-order valence-electron chi connectivity index (χ0n) is 10.9. The normalized spacial score (nSPS) is 17.7. The summed E-state index contributed by atoms with van der Waals surface area (Å²) < 4.78 is 0. The first-order valence-corrected chi connectivity index (χ1v) is 6.31. The molecule has 2 N–H and O–H groups in total. The molecule has 1 atom stereocenters. The van der Waals surface area contributed by atoms with Crippen LogP contribution >= 0.6 is 24.8 Å². The van der Waals surface area contributed by atoms with Gasteiger partial charge in [0.2, 0.25) is 0 Å². The fourth-order valence-electron chi connectivity index (χ4n) is 2.19. The fourth-order valence-corrected chi connectivity index (χ4v) is 2.19. The number of nitrogens with zero attached hydrogens (tertiary/aromatic N) is 1. The van der Waals surface area contributed by atoms with Crippen LogP contribution in [-0.2, 0) is 6.54 Å². The number of nitriles is 1. The van der Waals surface area contributed by atoms with Crippen molar-refractivity contribution in [3.8, 4) is 6.07 Å². The predicted octanol–water partition coefficient (Wildman–Crippen LogP) is 2.63. The molecule has 0 aliphatic carbocycles. The second kappa shape index (κ2) is 10.1. The summed E-state index contributed by atoms with van der Waals surface area (Å²) in [4.78, 5) is 0. The molecule has 19 heavy (non-hydrogen) atoms. The van der Waals surface area contributed by atoms with E-state index in [-0.39, 0.29) is 24.8 Å². The molecule has 1 heterocycles. The number of hydrogen-bond acceptors (Lipinski definition) is 3. The minimum atomic E-state index is 0. The van der Waals surface area contributed by atoms with Crippen LogP contribution in [0.2, 0.25) is 0 Å². The van der Waals surface area contributed by atoms with Gasteiger partial charge in [-0.05, 0) is 37.1 Å². The Bertz CT molecular complexity index is 381. The second-order valence-electron chi connectivity index (χ2n) is 4.59. The van der Waals surface area contributed by atoms with E-state index in [1.807, 2.05) is 24.3 Å². The molecule has 1 aliphatic heterocycles. The molecule has 1 saturated heterocycles. The molecule has 1 unspecified atom stereocenters. The van der Waals surface area contributed by atoms with Crippen molar-refractivity contribution >= 4 is 24.8 Å². The molecule has 106 valence electrons. The lowest BCUT2D eigenvalue weighted by atomic mass is 10.1. The van der Waals surface area contributed by atoms with Gasteiger partial charge in [-0.3, -0.25) is 0 Å². The minimum absolute atomic E-state index is 0. The molecule has 0 saturated carbocycles. The highest BCUT2D eigenvalue weighted by Gasteiger charge is 2.11. The topological polar surface area (TPSA) is 47.9 Å². The Balaban J connectivity index is 0.00000162. The smallest absolute Gasteiger partial charge is 0.0991 e. The largest absolute Gasteiger partial charge is 0.313 e. The summed E-state index contributed by atoms with van der Waals surface area (Å²) in [6.07, 6.45) is 3.93. The van der Waals surface area contributed by atoms with Crippen LogP contribution in [0.5, 0.6) is 0 Å². The zero-order chi connectivity index (χ0) is 11.9. The van der Waals surface area contributed by atoms with Crippen LogP contribution in [0.4, 0.5) is 0 Å². The van der Waals surface area contributed by atoms with Crippen molar-refractivity contribution < 1.29 is 0 Å². The molecule has 0 amide bonds. The van der Waals surface area contributed by atoms with Gasteiger partial charge in [0.05, 0.1) is 11.6 Å². The SMILES string of the molecule is Cl.Cl.N#Cc1ccc(CNCC2CCCCN2)cc1. The Kier molecular flexibility index (Phi) is 9.63. The average molecular weight is 302 g/mol. The molecule has 1 aliphatic rings. The molecule has 0 bridgehead atoms. The van der Waals surface area contributed by atoms with Crippen LogP contribution in [0.25, 0.3) is 0 Å². The van der Waals surface area contributed by atoms with E-state index in [1.54, 1.807) is 0 Å². The van der Waals surface area contributed by atoms with Crippen molar-refractivity contribution in [3.05, 3.63) is 35.4 Å². The van der Waals surface area contributed by atoms with E-state index in [0.717, 1.165) is 25.2 Å². The number of halogens is 2. The van der Waals surface area contributed by atoms with Gasteiger partial charge in [-0.1, -0.05) is 18.6 Å². The van der Waals surface area contributed by atoms with Crippen LogP contribution < -0.4 is 10.6 Å². The highest BCUT2D eigenvalue weighted by Crippen LogP contribution is 2.06. The van der Waals surface area contributed by atoms with E-state index in [1.165, 1.54) is 24.8 Å². The third kappa shape index (κ3) is 6.26. The van der Waals surface area contributed by atoms with Gasteiger partial charge in [0.25, 0.3) is 0 Å². The van der Waals surface area contributed by atoms with Crippen LogP contribution in [0.15, 0.2) is 24.3 Å². The molecule has 0 spiro atoms. The summed E-state index contributed by atoms with van der Waals surface area (Å²) in [6.45, 7) is 3.06. The maximum atomic E-state index is 8.70. The Hall–Kier alpha value is -0.790. The predicted molar refractivity (Wildman–Crippen MR) is 83.0 cm³/mol. The maximum absolute atomic E-state index is 8.70. The first-order chi connectivity index (χ1) is 8.38. The van der Waals surface area contributed by atoms with Gasteiger partial charge in [-0.15, -0.1) is 24.8 Å². The molecular weight excluding hydrogens is 281 g/mol. The summed E-state index contributed by atoms with van der Waals surface area (Å²) in [5.41, 5.74) is 1.96. The number of piperidine rings is 1. The highest BCUT2D eigenvalue weighted by atomic mass is 35.5. The molecule has 3 nitrogen and oxygen atoms in total. The fraction of sp³-hybridized carbons (Fsp3) is 0.500. The van der Waals surface area contributed by atoms with Crippen molar-refractivity contribution in [3.63, 3.8) is 0 Å². The molecule has 1 aromatic rings. The van der Waals surface area contributed by atoms with Crippen LogP contribution in [-0.4, -0.2) is 19.1 Å². The number of hydrogen-bond donors (Lipinski definition) is 2. The number of nitrogens with one attached hydrogen (secondary N) is 2. The quantitative estimate of drug-likeness (QED) is 0.899. The molecule has 2 rings (SSSR count). The van der Waals surface area contributed by atoms with Gasteiger partial charge in [-0.25, -0.2) is 0 Å². The summed E-state index contributed by atoms with van der Waals surface area (Å²) >= 11 is 0. The van der Waals surface area contributed by atoms with Gasteiger partial charge in [0, 0.05) is 19.1 Å². The Labute approximate surface area is 127 Å². The van der Waals surface area contributed by atoms with Gasteiger partial charge < -0.3 is 10.6 Å². The monoisotopic (exact) mass is 301 g/mol. The highest BCUT2D eigenvalue weighted by molar-refractivity contribution is 5.85. The van der Waals surface area contributed by atoms with E-state index in [2.05, 4.69) is 16.7 Å². The van der Waals surface area contributed by atoms with Crippen molar-refractivity contribution in [2.45, 2.75) is 31.8 Å². The number of benzene rings is 1. The van der Waals surface area contributed by atoms with E-state index in [9.17, 15) is 0 Å². The van der Waals surface area contributed by atoms with Crippen LogP contribution in [0.1, 0.15) is 30.4 Å². The summed E-state index contributed by atoms with van der Waals surface area (Å²) in [5.74, 6) is 0. The third-order valence-electron chi connectivity index (χ3n) is 3.22. The van der Waals surface area contributed by atoms with E-state index < -0.39 is 0 Å². The number of rotatable bonds is 4. The summed E-state index contributed by atoms with van der Waals surface area (Å²) in [6, 6.07) is 10.5. The molecule has 1 fully saturated rings. The first-order valence-electron chi connectivity index (χ1n) is 6.31. The average Bonchev–Trinajstić information content (AvgIpc) is 2.41. The van der Waals surface area contributed by atoms with E-state index in [0.29, 0.717) is 6.04 Å². The van der Waals surface area contributed by atoms with Crippen LogP contribution in [0.3, 0.4) is 0 Å².